The maximum atomic E-state index is 12.2. The van der Waals surface area contributed by atoms with E-state index in [4.69, 9.17) is 5.73 Å². The Hall–Kier alpha value is -2.09. The number of benzene rings is 1. The highest BCUT2D eigenvalue weighted by Gasteiger charge is 2.42. The van der Waals surface area contributed by atoms with Crippen LogP contribution < -0.4 is 5.73 Å². The molecule has 0 bridgehead atoms. The van der Waals surface area contributed by atoms with Crippen LogP contribution in [0.15, 0.2) is 23.1 Å². The molecule has 1 aromatic rings. The second-order valence-electron chi connectivity index (χ2n) is 4.36. The Morgan fingerprint density at radius 2 is 2.00 bits per heavy atom. The van der Waals surface area contributed by atoms with Crippen LogP contribution in [-0.2, 0) is 14.8 Å². The Labute approximate surface area is 110 Å². The van der Waals surface area contributed by atoms with Crippen molar-refractivity contribution in [1.82, 2.24) is 9.21 Å². The van der Waals surface area contributed by atoms with Crippen molar-refractivity contribution >= 4 is 27.5 Å². The molecule has 1 aromatic carbocycles. The van der Waals surface area contributed by atoms with Crippen molar-refractivity contribution in [3.8, 4) is 0 Å². The SMILES string of the molecule is CN(C)C(=O)CN1C(=O)c2cc(N)ccc2S1(=O)=O. The molecule has 0 fully saturated rings. The Morgan fingerprint density at radius 3 is 2.58 bits per heavy atom. The minimum Gasteiger partial charge on any atom is -0.399 e. The van der Waals surface area contributed by atoms with Gasteiger partial charge in [0.15, 0.2) is 0 Å². The van der Waals surface area contributed by atoms with Gasteiger partial charge >= 0.3 is 0 Å². The highest BCUT2D eigenvalue weighted by atomic mass is 32.2. The van der Waals surface area contributed by atoms with Crippen LogP contribution in [0.4, 0.5) is 5.69 Å². The summed E-state index contributed by atoms with van der Waals surface area (Å²) in [5.74, 6) is -1.20. The molecule has 7 nitrogen and oxygen atoms in total. The molecule has 0 saturated carbocycles. The standard InChI is InChI=1S/C11H13N3O4S/c1-13(2)10(15)6-14-11(16)8-5-7(12)3-4-9(8)19(14,17)18/h3-5H,6,12H2,1-2H3. The fourth-order valence-corrected chi connectivity index (χ4v) is 3.22. The molecule has 19 heavy (non-hydrogen) atoms. The minimum atomic E-state index is -3.96. The number of likely N-dealkylation sites (N-methyl/N-ethyl adjacent to an activating group) is 1. The highest BCUT2D eigenvalue weighted by Crippen LogP contribution is 2.31. The molecule has 8 heteroatoms. The van der Waals surface area contributed by atoms with Gasteiger partial charge in [0, 0.05) is 19.8 Å². The topological polar surface area (TPSA) is 101 Å². The van der Waals surface area contributed by atoms with Crippen molar-refractivity contribution in [2.45, 2.75) is 4.90 Å². The molecule has 2 N–H and O–H groups in total. The van der Waals surface area contributed by atoms with Crippen LogP contribution in [0.1, 0.15) is 10.4 Å². The largest absolute Gasteiger partial charge is 0.399 e. The molecule has 1 aliphatic heterocycles. The lowest BCUT2D eigenvalue weighted by Gasteiger charge is -2.17. The lowest BCUT2D eigenvalue weighted by atomic mass is 10.2. The number of amides is 2. The third-order valence-electron chi connectivity index (χ3n) is 2.81. The van der Waals surface area contributed by atoms with Crippen LogP contribution in [0, 0.1) is 0 Å². The molecular weight excluding hydrogens is 270 g/mol. The van der Waals surface area contributed by atoms with E-state index >= 15 is 0 Å². The Morgan fingerprint density at radius 1 is 1.37 bits per heavy atom. The van der Waals surface area contributed by atoms with Gasteiger partial charge in [0.1, 0.15) is 11.4 Å². The van der Waals surface area contributed by atoms with E-state index in [1.54, 1.807) is 0 Å². The van der Waals surface area contributed by atoms with Crippen molar-refractivity contribution in [3.05, 3.63) is 23.8 Å². The molecule has 0 spiro atoms. The van der Waals surface area contributed by atoms with E-state index in [-0.39, 0.29) is 10.5 Å². The number of nitrogens with zero attached hydrogens (tertiary/aromatic N) is 2. The fourth-order valence-electron chi connectivity index (χ4n) is 1.72. The Balaban J connectivity index is 2.46. The third-order valence-corrected chi connectivity index (χ3v) is 4.59. The molecule has 0 aliphatic carbocycles. The molecule has 2 amide bonds. The summed E-state index contributed by atoms with van der Waals surface area (Å²) >= 11 is 0. The van der Waals surface area contributed by atoms with Crippen LogP contribution in [0.25, 0.3) is 0 Å². The van der Waals surface area contributed by atoms with Crippen LogP contribution in [0.2, 0.25) is 0 Å². The first-order valence-corrected chi connectivity index (χ1v) is 6.86. The quantitative estimate of drug-likeness (QED) is 0.737. The van der Waals surface area contributed by atoms with Gasteiger partial charge in [0.2, 0.25) is 5.91 Å². The second kappa shape index (κ2) is 4.23. The van der Waals surface area contributed by atoms with Crippen molar-refractivity contribution in [1.29, 1.82) is 0 Å². The molecular formula is C11H13N3O4S. The normalized spacial score (nSPS) is 16.3. The predicted octanol–water partition coefficient (Wildman–Crippen LogP) is -0.499. The fraction of sp³-hybridized carbons (Fsp3) is 0.273. The number of hydrogen-bond acceptors (Lipinski definition) is 5. The summed E-state index contributed by atoms with van der Waals surface area (Å²) in [5.41, 5.74) is 5.84. The number of nitrogen functional groups attached to an aromatic ring is 1. The summed E-state index contributed by atoms with van der Waals surface area (Å²) < 4.78 is 24.9. The highest BCUT2D eigenvalue weighted by molar-refractivity contribution is 7.90. The summed E-state index contributed by atoms with van der Waals surface area (Å²) in [4.78, 5) is 24.7. The Kier molecular flexibility index (Phi) is 2.97. The third kappa shape index (κ3) is 2.03. The number of sulfonamides is 1. The maximum absolute atomic E-state index is 12.2. The van der Waals surface area contributed by atoms with E-state index in [1.165, 1.54) is 37.2 Å². The van der Waals surface area contributed by atoms with Gasteiger partial charge in [-0.25, -0.2) is 12.7 Å². The molecule has 2 rings (SSSR count). The summed E-state index contributed by atoms with van der Waals surface area (Å²) in [6, 6.07) is 3.98. The van der Waals surface area contributed by atoms with Crippen molar-refractivity contribution in [2.75, 3.05) is 26.4 Å². The van der Waals surface area contributed by atoms with Gasteiger partial charge in [-0.2, -0.15) is 0 Å². The first-order valence-electron chi connectivity index (χ1n) is 5.42. The van der Waals surface area contributed by atoms with Crippen molar-refractivity contribution in [3.63, 3.8) is 0 Å². The van der Waals surface area contributed by atoms with Gasteiger partial charge in [-0.15, -0.1) is 0 Å². The van der Waals surface area contributed by atoms with E-state index in [2.05, 4.69) is 0 Å². The number of nitrogens with two attached hydrogens (primary N) is 1. The summed E-state index contributed by atoms with van der Waals surface area (Å²) in [5, 5.41) is 0. The molecule has 0 aromatic heterocycles. The van der Waals surface area contributed by atoms with Crippen LogP contribution >= 0.6 is 0 Å². The van der Waals surface area contributed by atoms with E-state index in [0.29, 0.717) is 9.99 Å². The van der Waals surface area contributed by atoms with Gasteiger partial charge in [-0.3, -0.25) is 9.59 Å². The minimum absolute atomic E-state index is 0.00607. The first-order chi connectivity index (χ1) is 8.75. The van der Waals surface area contributed by atoms with Gasteiger partial charge in [0.25, 0.3) is 15.9 Å². The predicted molar refractivity (Wildman–Crippen MR) is 67.8 cm³/mol. The molecule has 102 valence electrons. The number of carbonyl (C=O) groups is 2. The number of fused-ring (bicyclic) bond motifs is 1. The second-order valence-corrected chi connectivity index (χ2v) is 6.19. The molecule has 1 aliphatic rings. The molecule has 0 unspecified atom stereocenters. The summed E-state index contributed by atoms with van der Waals surface area (Å²) in [6.45, 7) is -0.511. The monoisotopic (exact) mass is 283 g/mol. The average molecular weight is 283 g/mol. The van der Waals surface area contributed by atoms with Gasteiger partial charge < -0.3 is 10.6 Å². The van der Waals surface area contributed by atoms with E-state index < -0.39 is 28.4 Å². The lowest BCUT2D eigenvalue weighted by molar-refractivity contribution is -0.128. The number of rotatable bonds is 2. The van der Waals surface area contributed by atoms with Crippen molar-refractivity contribution < 1.29 is 18.0 Å². The van der Waals surface area contributed by atoms with Gasteiger partial charge in [-0.1, -0.05) is 0 Å². The van der Waals surface area contributed by atoms with Crippen LogP contribution in [0.5, 0.6) is 0 Å². The smallest absolute Gasteiger partial charge is 0.269 e. The van der Waals surface area contributed by atoms with Crippen molar-refractivity contribution in [2.24, 2.45) is 0 Å². The molecule has 0 radical (unpaired) electrons. The zero-order valence-electron chi connectivity index (χ0n) is 10.5. The average Bonchev–Trinajstić information content (AvgIpc) is 2.50. The number of hydrogen-bond donors (Lipinski definition) is 1. The summed E-state index contributed by atoms with van der Waals surface area (Å²) in [7, 11) is -0.987. The van der Waals surface area contributed by atoms with E-state index in [0.717, 1.165) is 0 Å². The molecule has 0 saturated heterocycles. The Bertz CT molecular complexity index is 667. The lowest BCUT2D eigenvalue weighted by Crippen LogP contribution is -2.39. The van der Waals surface area contributed by atoms with Gasteiger partial charge in [-0.05, 0) is 18.2 Å². The van der Waals surface area contributed by atoms with Crippen LogP contribution in [-0.4, -0.2) is 50.1 Å². The summed E-state index contributed by atoms with van der Waals surface area (Å²) in [6.07, 6.45) is 0. The number of anilines is 1. The van der Waals surface area contributed by atoms with Gasteiger partial charge in [0.05, 0.1) is 5.56 Å². The van der Waals surface area contributed by atoms with E-state index in [9.17, 15) is 18.0 Å². The van der Waals surface area contributed by atoms with E-state index in [1.807, 2.05) is 0 Å². The number of carbonyl (C=O) groups excluding carboxylic acids is 2. The first kappa shape index (κ1) is 13.3. The molecule has 1 heterocycles. The van der Waals surface area contributed by atoms with Crippen LogP contribution in [0.3, 0.4) is 0 Å². The zero-order chi connectivity index (χ0) is 14.4. The molecule has 0 atom stereocenters. The zero-order valence-corrected chi connectivity index (χ0v) is 11.3. The maximum Gasteiger partial charge on any atom is 0.269 e.